The van der Waals surface area contributed by atoms with E-state index in [1.165, 1.54) is 24.3 Å². The van der Waals surface area contributed by atoms with Crippen LogP contribution >= 0.6 is 11.6 Å². The van der Waals surface area contributed by atoms with E-state index >= 15 is 0 Å². The summed E-state index contributed by atoms with van der Waals surface area (Å²) in [6.07, 6.45) is 0. The summed E-state index contributed by atoms with van der Waals surface area (Å²) in [6, 6.07) is 18.4. The molecule has 0 aliphatic heterocycles. The van der Waals surface area contributed by atoms with Crippen molar-refractivity contribution in [1.29, 1.82) is 0 Å². The molecule has 3 aromatic rings. The molecule has 35 heavy (non-hydrogen) atoms. The summed E-state index contributed by atoms with van der Waals surface area (Å²) in [4.78, 5) is 12.8. The van der Waals surface area contributed by atoms with Crippen molar-refractivity contribution in [3.05, 3.63) is 82.9 Å². The number of para-hydroxylation sites is 2. The summed E-state index contributed by atoms with van der Waals surface area (Å²) in [6.45, 7) is 6.13. The van der Waals surface area contributed by atoms with Crippen LogP contribution in [0.1, 0.15) is 18.1 Å². The number of carbonyl (C=O) groups excluding carboxylic acids is 1. The minimum atomic E-state index is -4.09. The van der Waals surface area contributed by atoms with Crippen LogP contribution in [0.4, 0.5) is 5.69 Å². The average Bonchev–Trinajstić information content (AvgIpc) is 2.82. The minimum absolute atomic E-state index is 0.0131. The van der Waals surface area contributed by atoms with Crippen LogP contribution in [0.25, 0.3) is 0 Å². The Morgan fingerprint density at radius 2 is 1.69 bits per heavy atom. The highest BCUT2D eigenvalue weighted by atomic mass is 35.5. The molecule has 3 aromatic carbocycles. The Bertz CT molecular complexity index is 1260. The van der Waals surface area contributed by atoms with Gasteiger partial charge in [0.15, 0.2) is 0 Å². The van der Waals surface area contributed by atoms with Crippen LogP contribution in [0.5, 0.6) is 11.5 Å². The van der Waals surface area contributed by atoms with Gasteiger partial charge in [-0.2, -0.15) is 0 Å². The van der Waals surface area contributed by atoms with Crippen molar-refractivity contribution < 1.29 is 22.7 Å². The van der Waals surface area contributed by atoms with Crippen LogP contribution in [0.2, 0.25) is 5.02 Å². The predicted molar refractivity (Wildman–Crippen MR) is 138 cm³/mol. The molecule has 9 heteroatoms. The van der Waals surface area contributed by atoms with Crippen LogP contribution in [0, 0.1) is 13.8 Å². The molecule has 0 spiro atoms. The number of rotatable bonds is 11. The fourth-order valence-electron chi connectivity index (χ4n) is 3.47. The highest BCUT2D eigenvalue weighted by Crippen LogP contribution is 2.32. The van der Waals surface area contributed by atoms with Crippen LogP contribution in [0.15, 0.2) is 71.6 Å². The standard InChI is InChI=1S/C26H29ClN2O5S/c1-4-33-25-8-6-5-7-23(25)29(35(31,32)22-12-10-21(27)11-13-22)18-26(30)28-15-16-34-24-14-9-19(2)17-20(24)3/h5-14,17H,4,15-16,18H2,1-3H3,(H,28,30). The maximum absolute atomic E-state index is 13.5. The monoisotopic (exact) mass is 516 g/mol. The Labute approximate surface area is 211 Å². The third-order valence-corrected chi connectivity index (χ3v) is 7.16. The van der Waals surface area contributed by atoms with Gasteiger partial charge in [0.05, 0.1) is 23.7 Å². The molecule has 0 unspecified atom stereocenters. The van der Waals surface area contributed by atoms with Crippen molar-refractivity contribution in [3.63, 3.8) is 0 Å². The van der Waals surface area contributed by atoms with Gasteiger partial charge in [0.2, 0.25) is 5.91 Å². The Balaban J connectivity index is 1.76. The van der Waals surface area contributed by atoms with Crippen LogP contribution in [-0.2, 0) is 14.8 Å². The zero-order chi connectivity index (χ0) is 25.4. The predicted octanol–water partition coefficient (Wildman–Crippen LogP) is 4.75. The molecular weight excluding hydrogens is 488 g/mol. The molecule has 1 amide bonds. The van der Waals surface area contributed by atoms with Gasteiger partial charge in [-0.05, 0) is 68.8 Å². The topological polar surface area (TPSA) is 84.9 Å². The highest BCUT2D eigenvalue weighted by Gasteiger charge is 2.29. The molecule has 0 radical (unpaired) electrons. The first-order valence-corrected chi connectivity index (χ1v) is 13.0. The van der Waals surface area contributed by atoms with Gasteiger partial charge in [0, 0.05) is 5.02 Å². The number of nitrogens with zero attached hydrogens (tertiary/aromatic N) is 1. The summed E-state index contributed by atoms with van der Waals surface area (Å²) < 4.78 is 39.5. The molecule has 0 heterocycles. The minimum Gasteiger partial charge on any atom is -0.492 e. The summed E-state index contributed by atoms with van der Waals surface area (Å²) in [5, 5.41) is 3.15. The van der Waals surface area contributed by atoms with Gasteiger partial charge in [-0.15, -0.1) is 0 Å². The second-order valence-electron chi connectivity index (χ2n) is 7.83. The Kier molecular flexibility index (Phi) is 9.01. The molecule has 0 aliphatic carbocycles. The summed E-state index contributed by atoms with van der Waals surface area (Å²) in [5.74, 6) is 0.624. The molecule has 0 aliphatic rings. The molecular formula is C26H29ClN2O5S. The molecule has 0 aromatic heterocycles. The molecule has 7 nitrogen and oxygen atoms in total. The van der Waals surface area contributed by atoms with Crippen molar-refractivity contribution in [2.24, 2.45) is 0 Å². The SMILES string of the molecule is CCOc1ccccc1N(CC(=O)NCCOc1ccc(C)cc1C)S(=O)(=O)c1ccc(Cl)cc1. The Morgan fingerprint density at radius 1 is 0.971 bits per heavy atom. The fraction of sp³-hybridized carbons (Fsp3) is 0.269. The maximum Gasteiger partial charge on any atom is 0.264 e. The third kappa shape index (κ3) is 6.90. The number of carbonyl (C=O) groups is 1. The molecule has 3 rings (SSSR count). The Morgan fingerprint density at radius 3 is 2.37 bits per heavy atom. The van der Waals surface area contributed by atoms with Crippen LogP contribution in [-0.4, -0.2) is 40.6 Å². The summed E-state index contributed by atoms with van der Waals surface area (Å²) in [7, 11) is -4.09. The van der Waals surface area contributed by atoms with E-state index in [4.69, 9.17) is 21.1 Å². The number of anilines is 1. The van der Waals surface area contributed by atoms with E-state index in [1.54, 1.807) is 31.2 Å². The number of sulfonamides is 1. The quantitative estimate of drug-likeness (QED) is 0.372. The van der Waals surface area contributed by atoms with E-state index in [1.807, 2.05) is 32.0 Å². The first-order valence-electron chi connectivity index (χ1n) is 11.2. The normalized spacial score (nSPS) is 11.1. The third-order valence-electron chi connectivity index (χ3n) is 5.13. The van der Waals surface area contributed by atoms with Gasteiger partial charge < -0.3 is 14.8 Å². The van der Waals surface area contributed by atoms with E-state index in [2.05, 4.69) is 5.32 Å². The van der Waals surface area contributed by atoms with Gasteiger partial charge in [0.1, 0.15) is 24.7 Å². The van der Waals surface area contributed by atoms with Crippen molar-refractivity contribution >= 4 is 33.2 Å². The van der Waals surface area contributed by atoms with Crippen molar-refractivity contribution in [2.45, 2.75) is 25.7 Å². The van der Waals surface area contributed by atoms with Crippen molar-refractivity contribution in [3.8, 4) is 11.5 Å². The second kappa shape index (κ2) is 12.0. The van der Waals surface area contributed by atoms with Crippen molar-refractivity contribution in [1.82, 2.24) is 5.32 Å². The number of hydrogen-bond acceptors (Lipinski definition) is 5. The van der Waals surface area contributed by atoms with Crippen LogP contribution < -0.4 is 19.1 Å². The number of halogens is 1. The molecule has 0 bridgehead atoms. The zero-order valence-electron chi connectivity index (χ0n) is 20.0. The van der Waals surface area contributed by atoms with Gasteiger partial charge in [-0.1, -0.05) is 41.4 Å². The van der Waals surface area contributed by atoms with Crippen molar-refractivity contribution in [2.75, 3.05) is 30.6 Å². The number of hydrogen-bond donors (Lipinski definition) is 1. The number of benzene rings is 3. The smallest absolute Gasteiger partial charge is 0.264 e. The first-order chi connectivity index (χ1) is 16.7. The molecule has 0 atom stereocenters. The molecule has 0 saturated carbocycles. The van der Waals surface area contributed by atoms with Gasteiger partial charge >= 0.3 is 0 Å². The number of aryl methyl sites for hydroxylation is 2. The average molecular weight is 517 g/mol. The van der Waals surface area contributed by atoms with Gasteiger partial charge in [-0.25, -0.2) is 8.42 Å². The number of amides is 1. The number of nitrogens with one attached hydrogen (secondary N) is 1. The lowest BCUT2D eigenvalue weighted by molar-refractivity contribution is -0.119. The summed E-state index contributed by atoms with van der Waals surface area (Å²) >= 11 is 5.94. The molecule has 1 N–H and O–H groups in total. The highest BCUT2D eigenvalue weighted by molar-refractivity contribution is 7.92. The first kappa shape index (κ1) is 26.4. The zero-order valence-corrected chi connectivity index (χ0v) is 21.5. The number of ether oxygens (including phenoxy) is 2. The lowest BCUT2D eigenvalue weighted by atomic mass is 10.1. The lowest BCUT2D eigenvalue weighted by Gasteiger charge is -2.26. The van der Waals surface area contributed by atoms with E-state index in [-0.39, 0.29) is 23.7 Å². The van der Waals surface area contributed by atoms with Crippen LogP contribution in [0.3, 0.4) is 0 Å². The molecule has 0 fully saturated rings. The van der Waals surface area contributed by atoms with Gasteiger partial charge in [-0.3, -0.25) is 9.10 Å². The summed E-state index contributed by atoms with van der Waals surface area (Å²) in [5.41, 5.74) is 2.41. The Hall–Kier alpha value is -3.23. The van der Waals surface area contributed by atoms with E-state index in [0.717, 1.165) is 21.2 Å². The second-order valence-corrected chi connectivity index (χ2v) is 10.1. The van der Waals surface area contributed by atoms with E-state index < -0.39 is 22.5 Å². The van der Waals surface area contributed by atoms with E-state index in [9.17, 15) is 13.2 Å². The molecule has 186 valence electrons. The van der Waals surface area contributed by atoms with Gasteiger partial charge in [0.25, 0.3) is 10.0 Å². The lowest BCUT2D eigenvalue weighted by Crippen LogP contribution is -2.42. The fourth-order valence-corrected chi connectivity index (χ4v) is 5.03. The molecule has 0 saturated heterocycles. The largest absolute Gasteiger partial charge is 0.492 e. The van der Waals surface area contributed by atoms with E-state index in [0.29, 0.717) is 17.4 Å². The maximum atomic E-state index is 13.5.